The standard InChI is InChI=1S/C22H17NO6S/c1-14-12-13-18(29-14)21(24)20-19(22(25)28-2)16-10-6-7-11-17(16)23(20)30(26,27)15-8-4-3-5-9-15/h3-13H,1-2H3. The van der Waals surface area contributed by atoms with Gasteiger partial charge in [0.25, 0.3) is 10.0 Å². The van der Waals surface area contributed by atoms with Gasteiger partial charge in [-0.2, -0.15) is 0 Å². The molecule has 0 unspecified atom stereocenters. The van der Waals surface area contributed by atoms with Crippen LogP contribution in [0, 0.1) is 6.92 Å². The molecule has 4 aromatic rings. The van der Waals surface area contributed by atoms with Crippen LogP contribution in [0.5, 0.6) is 0 Å². The minimum atomic E-state index is -4.22. The molecule has 0 N–H and O–H groups in total. The third-order valence-electron chi connectivity index (χ3n) is 4.68. The van der Waals surface area contributed by atoms with Gasteiger partial charge in [-0.25, -0.2) is 17.2 Å². The predicted octanol–water partition coefficient (Wildman–Crippen LogP) is 3.80. The quantitative estimate of drug-likeness (QED) is 0.358. The van der Waals surface area contributed by atoms with Gasteiger partial charge in [0.2, 0.25) is 5.78 Å². The molecular formula is C22H17NO6S. The third-order valence-corrected chi connectivity index (χ3v) is 6.41. The Morgan fingerprint density at radius 3 is 2.23 bits per heavy atom. The molecule has 0 amide bonds. The Kier molecular flexibility index (Phi) is 4.79. The first-order valence-electron chi connectivity index (χ1n) is 8.99. The van der Waals surface area contributed by atoms with Crippen molar-refractivity contribution in [3.05, 3.63) is 89.5 Å². The lowest BCUT2D eigenvalue weighted by molar-refractivity contribution is 0.0599. The van der Waals surface area contributed by atoms with Crippen molar-refractivity contribution in [2.45, 2.75) is 11.8 Å². The Balaban J connectivity index is 2.14. The molecule has 0 radical (unpaired) electrons. The van der Waals surface area contributed by atoms with Gasteiger partial charge >= 0.3 is 5.97 Å². The number of carbonyl (C=O) groups is 2. The molecule has 0 bridgehead atoms. The van der Waals surface area contributed by atoms with Gasteiger partial charge in [-0.3, -0.25) is 4.79 Å². The molecule has 0 aliphatic heterocycles. The minimum absolute atomic E-state index is 0.0214. The van der Waals surface area contributed by atoms with E-state index in [2.05, 4.69) is 0 Å². The fraction of sp³-hybridized carbons (Fsp3) is 0.0909. The largest absolute Gasteiger partial charge is 0.465 e. The van der Waals surface area contributed by atoms with E-state index in [1.54, 1.807) is 49.4 Å². The van der Waals surface area contributed by atoms with Gasteiger partial charge in [-0.1, -0.05) is 36.4 Å². The lowest BCUT2D eigenvalue weighted by atomic mass is 10.1. The highest BCUT2D eigenvalue weighted by Gasteiger charge is 2.35. The van der Waals surface area contributed by atoms with Crippen molar-refractivity contribution >= 4 is 32.7 Å². The second-order valence-electron chi connectivity index (χ2n) is 6.55. The van der Waals surface area contributed by atoms with Crippen molar-refractivity contribution in [3.63, 3.8) is 0 Å². The Hall–Kier alpha value is -3.65. The molecule has 2 aromatic carbocycles. The molecule has 8 heteroatoms. The SMILES string of the molecule is COC(=O)c1c(C(=O)c2ccc(C)o2)n(S(=O)(=O)c2ccccc2)c2ccccc12. The van der Waals surface area contributed by atoms with Gasteiger partial charge in [-0.15, -0.1) is 0 Å². The monoisotopic (exact) mass is 423 g/mol. The number of benzene rings is 2. The van der Waals surface area contributed by atoms with Crippen molar-refractivity contribution < 1.29 is 27.2 Å². The Morgan fingerprint density at radius 2 is 1.60 bits per heavy atom. The summed E-state index contributed by atoms with van der Waals surface area (Å²) in [5.41, 5.74) is -0.277. The Bertz CT molecular complexity index is 1380. The first-order valence-corrected chi connectivity index (χ1v) is 10.4. The highest BCUT2D eigenvalue weighted by atomic mass is 32.2. The second kappa shape index (κ2) is 7.31. The first-order chi connectivity index (χ1) is 14.4. The van der Waals surface area contributed by atoms with E-state index >= 15 is 0 Å². The molecule has 0 atom stereocenters. The van der Waals surface area contributed by atoms with Gasteiger partial charge in [-0.05, 0) is 37.3 Å². The zero-order valence-corrected chi connectivity index (χ0v) is 17.0. The molecule has 7 nitrogen and oxygen atoms in total. The number of methoxy groups -OCH3 is 1. The van der Waals surface area contributed by atoms with E-state index < -0.39 is 21.8 Å². The Labute approximate surface area is 172 Å². The van der Waals surface area contributed by atoms with Crippen LogP contribution in [0.15, 0.2) is 76.0 Å². The molecule has 0 aliphatic rings. The second-order valence-corrected chi connectivity index (χ2v) is 8.34. The number of ketones is 1. The van der Waals surface area contributed by atoms with Crippen LogP contribution in [0.25, 0.3) is 10.9 Å². The predicted molar refractivity (Wildman–Crippen MR) is 109 cm³/mol. The summed E-state index contributed by atoms with van der Waals surface area (Å²) in [5.74, 6) is -1.16. The minimum Gasteiger partial charge on any atom is -0.465 e. The van der Waals surface area contributed by atoms with E-state index in [1.807, 2.05) is 0 Å². The number of aryl methyl sites for hydroxylation is 1. The van der Waals surface area contributed by atoms with E-state index in [-0.39, 0.29) is 32.8 Å². The molecule has 0 fully saturated rings. The number of rotatable bonds is 5. The highest BCUT2D eigenvalue weighted by molar-refractivity contribution is 7.90. The summed E-state index contributed by atoms with van der Waals surface area (Å²) < 4.78 is 38.3. The molecule has 152 valence electrons. The maximum Gasteiger partial charge on any atom is 0.340 e. The summed E-state index contributed by atoms with van der Waals surface area (Å²) in [7, 11) is -3.04. The molecule has 0 spiro atoms. The number of aromatic nitrogens is 1. The molecule has 2 aromatic heterocycles. The number of hydrogen-bond donors (Lipinski definition) is 0. The number of nitrogens with zero attached hydrogens (tertiary/aromatic N) is 1. The van der Waals surface area contributed by atoms with Crippen molar-refractivity contribution in [2.75, 3.05) is 7.11 Å². The summed E-state index contributed by atoms with van der Waals surface area (Å²) >= 11 is 0. The number of carbonyl (C=O) groups excluding carboxylic acids is 2. The van der Waals surface area contributed by atoms with E-state index in [9.17, 15) is 18.0 Å². The summed E-state index contributed by atoms with van der Waals surface area (Å²) in [5, 5.41) is 0.287. The molecule has 0 saturated carbocycles. The number of ether oxygens (including phenoxy) is 1. The summed E-state index contributed by atoms with van der Waals surface area (Å²) in [6, 6.07) is 17.1. The average molecular weight is 423 g/mol. The lowest BCUT2D eigenvalue weighted by Gasteiger charge is -2.11. The molecule has 0 saturated heterocycles. The Morgan fingerprint density at radius 1 is 0.933 bits per heavy atom. The number of fused-ring (bicyclic) bond motifs is 1. The van der Waals surface area contributed by atoms with Gasteiger partial charge in [0.15, 0.2) is 5.76 Å². The third kappa shape index (κ3) is 3.02. The smallest absolute Gasteiger partial charge is 0.340 e. The van der Waals surface area contributed by atoms with Crippen LogP contribution in [0.1, 0.15) is 32.4 Å². The first kappa shape index (κ1) is 19.7. The lowest BCUT2D eigenvalue weighted by Crippen LogP contribution is -2.21. The number of esters is 1. The van der Waals surface area contributed by atoms with E-state index in [0.29, 0.717) is 5.76 Å². The summed E-state index contributed by atoms with van der Waals surface area (Å²) in [6.45, 7) is 1.66. The number of para-hydroxylation sites is 1. The van der Waals surface area contributed by atoms with Crippen LogP contribution in [0.3, 0.4) is 0 Å². The van der Waals surface area contributed by atoms with Gasteiger partial charge in [0.05, 0.1) is 23.1 Å². The van der Waals surface area contributed by atoms with Crippen molar-refractivity contribution in [1.29, 1.82) is 0 Å². The van der Waals surface area contributed by atoms with Crippen LogP contribution in [-0.4, -0.2) is 31.3 Å². The topological polar surface area (TPSA) is 95.6 Å². The van der Waals surface area contributed by atoms with E-state index in [1.165, 1.54) is 31.4 Å². The van der Waals surface area contributed by atoms with Crippen molar-refractivity contribution in [1.82, 2.24) is 3.97 Å². The number of hydrogen-bond acceptors (Lipinski definition) is 6. The van der Waals surface area contributed by atoms with Crippen molar-refractivity contribution in [3.8, 4) is 0 Å². The maximum atomic E-state index is 13.6. The zero-order chi connectivity index (χ0) is 21.5. The molecule has 2 heterocycles. The summed E-state index contributed by atoms with van der Waals surface area (Å²) in [6.07, 6.45) is 0. The van der Waals surface area contributed by atoms with Crippen LogP contribution < -0.4 is 0 Å². The molecule has 30 heavy (non-hydrogen) atoms. The van der Waals surface area contributed by atoms with Gasteiger partial charge in [0.1, 0.15) is 11.5 Å². The van der Waals surface area contributed by atoms with E-state index in [4.69, 9.17) is 9.15 Å². The van der Waals surface area contributed by atoms with Crippen LogP contribution in [0.4, 0.5) is 0 Å². The van der Waals surface area contributed by atoms with Gasteiger partial charge < -0.3 is 9.15 Å². The number of furan rings is 1. The molecular weight excluding hydrogens is 406 g/mol. The maximum absolute atomic E-state index is 13.6. The normalized spacial score (nSPS) is 11.5. The molecule has 0 aliphatic carbocycles. The fourth-order valence-electron chi connectivity index (χ4n) is 3.35. The van der Waals surface area contributed by atoms with Crippen LogP contribution in [-0.2, 0) is 14.8 Å². The van der Waals surface area contributed by atoms with Crippen molar-refractivity contribution in [2.24, 2.45) is 0 Å². The average Bonchev–Trinajstić information content (AvgIpc) is 3.35. The van der Waals surface area contributed by atoms with Crippen LogP contribution in [0.2, 0.25) is 0 Å². The highest BCUT2D eigenvalue weighted by Crippen LogP contribution is 2.32. The van der Waals surface area contributed by atoms with Gasteiger partial charge in [0, 0.05) is 5.39 Å². The fourth-order valence-corrected chi connectivity index (χ4v) is 4.89. The molecule has 4 rings (SSSR count). The zero-order valence-electron chi connectivity index (χ0n) is 16.2. The van der Waals surface area contributed by atoms with E-state index in [0.717, 1.165) is 3.97 Å². The van der Waals surface area contributed by atoms with Crippen LogP contribution >= 0.6 is 0 Å². The summed E-state index contributed by atoms with van der Waals surface area (Å²) in [4.78, 5) is 26.0.